The van der Waals surface area contributed by atoms with Crippen LogP contribution in [-0.2, 0) is 0 Å². The first-order valence-corrected chi connectivity index (χ1v) is 6.38. The molecule has 0 N–H and O–H groups in total. The average molecular weight is 197 g/mol. The highest BCUT2D eigenvalue weighted by Crippen LogP contribution is 2.11. The minimum atomic E-state index is -0.798. The van der Waals surface area contributed by atoms with Crippen LogP contribution in [0.3, 0.4) is 0 Å². The number of benzene rings is 1. The maximum absolute atomic E-state index is 8.50. The second-order valence-corrected chi connectivity index (χ2v) is 4.03. The van der Waals surface area contributed by atoms with Crippen LogP contribution in [0, 0.1) is 11.3 Å². The summed E-state index contributed by atoms with van der Waals surface area (Å²) in [4.78, 5) is 0. The van der Waals surface area contributed by atoms with E-state index in [1.807, 2.05) is 34.9 Å². The lowest BCUT2D eigenvalue weighted by Crippen LogP contribution is -2.24. The summed E-state index contributed by atoms with van der Waals surface area (Å²) in [5.41, 5.74) is 1.04. The number of rotatable bonds is 3. The molecule has 0 saturated heterocycles. The molecule has 1 rings (SSSR count). The summed E-state index contributed by atoms with van der Waals surface area (Å²) in [6, 6.07) is 11.9. The van der Waals surface area contributed by atoms with Crippen molar-refractivity contribution in [3.63, 3.8) is 0 Å². The zero-order valence-corrected chi connectivity index (χ0v) is 8.74. The van der Waals surface area contributed by atoms with Gasteiger partial charge in [0.25, 0.3) is 0 Å². The molecule has 0 fully saturated rings. The van der Waals surface area contributed by atoms with E-state index in [-0.39, 0.29) is 0 Å². The molecule has 0 aliphatic heterocycles. The first-order chi connectivity index (χ1) is 5.88. The van der Waals surface area contributed by atoms with E-state index >= 15 is 0 Å². The quantitative estimate of drug-likeness (QED) is 0.414. The number of para-hydroxylation sites is 1. The van der Waals surface area contributed by atoms with Gasteiger partial charge in [0.2, 0.25) is 8.99 Å². The molecule has 0 bridgehead atoms. The van der Waals surface area contributed by atoms with E-state index in [0.717, 1.165) is 5.69 Å². The van der Waals surface area contributed by atoms with Gasteiger partial charge in [-0.1, -0.05) is 18.2 Å². The third kappa shape index (κ3) is 2.26. The Morgan fingerprint density at radius 3 is 2.58 bits per heavy atom. The minimum absolute atomic E-state index is 0.389. The topological polar surface area (TPSA) is 27.0 Å². The Labute approximate surface area is 79.0 Å². The number of nitriles is 1. The molecule has 0 spiro atoms. The predicted molar refractivity (Wildman–Crippen MR) is 53.8 cm³/mol. The molecule has 0 saturated carbocycles. The summed E-state index contributed by atoms with van der Waals surface area (Å²) in [5, 5.41) is 8.50. The molecule has 12 heavy (non-hydrogen) atoms. The van der Waals surface area contributed by atoms with Gasteiger partial charge < -0.3 is 4.57 Å². The van der Waals surface area contributed by atoms with Crippen LogP contribution >= 0.6 is 11.1 Å². The van der Waals surface area contributed by atoms with E-state index in [4.69, 9.17) is 16.3 Å². The first-order valence-electron chi connectivity index (χ1n) is 3.61. The molecule has 62 valence electrons. The Kier molecular flexibility index (Phi) is 3.65. The molecule has 0 aliphatic carbocycles. The predicted octanol–water partition coefficient (Wildman–Crippen LogP) is 1.25. The van der Waals surface area contributed by atoms with E-state index in [9.17, 15) is 0 Å². The van der Waals surface area contributed by atoms with Gasteiger partial charge in [0.15, 0.2) is 0 Å². The second-order valence-electron chi connectivity index (χ2n) is 2.31. The number of halogens is 1. The Morgan fingerprint density at radius 2 is 2.08 bits per heavy atom. The summed E-state index contributed by atoms with van der Waals surface area (Å²) in [6.07, 6.45) is 0. The molecule has 0 radical (unpaired) electrons. The van der Waals surface area contributed by atoms with E-state index in [0.29, 0.717) is 6.54 Å². The lowest BCUT2D eigenvalue weighted by atomic mass is 10.3. The molecule has 0 aliphatic rings. The molecule has 1 aromatic carbocycles. The molecule has 0 unspecified atom stereocenters. The number of nitrogens with zero attached hydrogens (tertiary/aromatic N) is 2. The third-order valence-corrected chi connectivity index (χ3v) is 3.27. The molecule has 2 nitrogen and oxygen atoms in total. The fourth-order valence-corrected chi connectivity index (χ4v) is 2.13. The van der Waals surface area contributed by atoms with Crippen molar-refractivity contribution in [2.24, 2.45) is 0 Å². The molecule has 0 atom stereocenters. The highest BCUT2D eigenvalue weighted by Gasteiger charge is 2.01. The van der Waals surface area contributed by atoms with E-state index in [2.05, 4.69) is 6.07 Å². The smallest absolute Gasteiger partial charge is 0.225 e. The van der Waals surface area contributed by atoms with Crippen LogP contribution in [0.1, 0.15) is 0 Å². The van der Waals surface area contributed by atoms with Gasteiger partial charge in [-0.25, -0.2) is 0 Å². The van der Waals surface area contributed by atoms with Crippen LogP contribution in [0.15, 0.2) is 30.3 Å². The van der Waals surface area contributed by atoms with Gasteiger partial charge in [-0.05, 0) is 12.1 Å². The normalized spacial score (nSPS) is 10.0. The summed E-state index contributed by atoms with van der Waals surface area (Å²) >= 11 is 5.79. The molecule has 1 aromatic rings. The highest BCUT2D eigenvalue weighted by atomic mass is 35.6. The third-order valence-electron chi connectivity index (χ3n) is 1.53. The first kappa shape index (κ1) is 9.11. The summed E-state index contributed by atoms with van der Waals surface area (Å²) in [6.45, 7) is 0.389. The van der Waals surface area contributed by atoms with E-state index < -0.39 is 8.99 Å². The monoisotopic (exact) mass is 196 g/mol. The maximum atomic E-state index is 8.50. The number of hydrogen-bond donors (Lipinski definition) is 0. The second kappa shape index (κ2) is 4.81. The molecule has 0 aromatic heterocycles. The van der Waals surface area contributed by atoms with Crippen LogP contribution in [-0.4, -0.2) is 15.5 Å². The van der Waals surface area contributed by atoms with Crippen LogP contribution < -0.4 is 4.57 Å². The van der Waals surface area contributed by atoms with E-state index in [1.54, 1.807) is 0 Å². The molecular formula is C8H9ClN2Si. The van der Waals surface area contributed by atoms with Gasteiger partial charge in [0.05, 0.1) is 12.6 Å². The van der Waals surface area contributed by atoms with Crippen LogP contribution in [0.5, 0.6) is 0 Å². The molecular weight excluding hydrogens is 188 g/mol. The van der Waals surface area contributed by atoms with Crippen molar-refractivity contribution in [1.82, 2.24) is 0 Å². The summed E-state index contributed by atoms with van der Waals surface area (Å²) in [5.74, 6) is 0. The highest BCUT2D eigenvalue weighted by molar-refractivity contribution is 6.95. The Balaban J connectivity index is 2.75. The van der Waals surface area contributed by atoms with Crippen molar-refractivity contribution in [2.75, 3.05) is 11.1 Å². The van der Waals surface area contributed by atoms with Gasteiger partial charge >= 0.3 is 0 Å². The van der Waals surface area contributed by atoms with Gasteiger partial charge in [-0.3, -0.25) is 0 Å². The number of anilines is 1. The molecule has 4 heteroatoms. The largest absolute Gasteiger partial charge is 0.377 e. The fourth-order valence-electron chi connectivity index (χ4n) is 0.927. The van der Waals surface area contributed by atoms with Crippen LogP contribution in [0.4, 0.5) is 5.69 Å². The van der Waals surface area contributed by atoms with Crippen LogP contribution in [0.2, 0.25) is 0 Å². The zero-order chi connectivity index (χ0) is 8.81. The summed E-state index contributed by atoms with van der Waals surface area (Å²) in [7, 11) is -0.798. The van der Waals surface area contributed by atoms with E-state index in [1.165, 1.54) is 0 Å². The van der Waals surface area contributed by atoms with Crippen molar-refractivity contribution in [3.8, 4) is 6.07 Å². The van der Waals surface area contributed by atoms with Crippen molar-refractivity contribution < 1.29 is 0 Å². The Bertz CT molecular complexity index is 270. The lowest BCUT2D eigenvalue weighted by molar-refractivity contribution is 1.19. The van der Waals surface area contributed by atoms with Gasteiger partial charge in [-0.2, -0.15) is 5.26 Å². The van der Waals surface area contributed by atoms with Crippen molar-refractivity contribution in [3.05, 3.63) is 30.3 Å². The lowest BCUT2D eigenvalue weighted by Gasteiger charge is -2.17. The van der Waals surface area contributed by atoms with Gasteiger partial charge in [-0.15, -0.1) is 11.1 Å². The maximum Gasteiger partial charge on any atom is 0.225 e. The Hall–Kier alpha value is -0.983. The summed E-state index contributed by atoms with van der Waals surface area (Å²) < 4.78 is 1.93. The standard InChI is InChI=1S/C8H9ClN2Si/c9-12-11(7-6-10)8-4-2-1-3-5-8/h1-5H,7,12H2. The Morgan fingerprint density at radius 1 is 1.42 bits per heavy atom. The van der Waals surface area contributed by atoms with Gasteiger partial charge in [0, 0.05) is 5.69 Å². The SMILES string of the molecule is N#CCN([SiH2]Cl)c1ccccc1. The van der Waals surface area contributed by atoms with Crippen molar-refractivity contribution in [1.29, 1.82) is 5.26 Å². The van der Waals surface area contributed by atoms with Crippen LogP contribution in [0.25, 0.3) is 0 Å². The van der Waals surface area contributed by atoms with Crippen molar-refractivity contribution >= 4 is 25.8 Å². The molecule has 0 heterocycles. The average Bonchev–Trinajstić information content (AvgIpc) is 2.15. The zero-order valence-electron chi connectivity index (χ0n) is 6.57. The molecule has 0 amide bonds. The number of hydrogen-bond acceptors (Lipinski definition) is 2. The minimum Gasteiger partial charge on any atom is -0.377 e. The fraction of sp³-hybridized carbons (Fsp3) is 0.125. The van der Waals surface area contributed by atoms with Gasteiger partial charge in [0.1, 0.15) is 0 Å². The van der Waals surface area contributed by atoms with Crippen molar-refractivity contribution in [2.45, 2.75) is 0 Å².